The maximum atomic E-state index is 11.2. The van der Waals surface area contributed by atoms with Crippen LogP contribution in [0, 0.1) is 5.92 Å². The second kappa shape index (κ2) is 5.84. The predicted octanol–water partition coefficient (Wildman–Crippen LogP) is 0.890. The van der Waals surface area contributed by atoms with Crippen LogP contribution in [0.3, 0.4) is 0 Å². The van der Waals surface area contributed by atoms with E-state index in [0.29, 0.717) is 17.3 Å². The van der Waals surface area contributed by atoms with Crippen LogP contribution >= 0.6 is 0 Å². The van der Waals surface area contributed by atoms with Gasteiger partial charge in [0.1, 0.15) is 0 Å². The number of likely N-dealkylation sites (tertiary alicyclic amines) is 1. The average Bonchev–Trinajstić information content (AvgIpc) is 3.05. The van der Waals surface area contributed by atoms with Gasteiger partial charge in [0, 0.05) is 17.5 Å². The fourth-order valence-electron chi connectivity index (χ4n) is 3.39. The molecular formula is C17H21N3O. The van der Waals surface area contributed by atoms with Gasteiger partial charge < -0.3 is 10.6 Å². The summed E-state index contributed by atoms with van der Waals surface area (Å²) in [5.74, 6) is 2.59. The molecule has 1 unspecified atom stereocenters. The molecule has 1 saturated heterocycles. The van der Waals surface area contributed by atoms with Gasteiger partial charge in [-0.25, -0.2) is 9.79 Å². The second-order valence-electron chi connectivity index (χ2n) is 5.98. The van der Waals surface area contributed by atoms with E-state index in [-0.39, 0.29) is 0 Å². The fourth-order valence-corrected chi connectivity index (χ4v) is 3.39. The molecule has 0 spiro atoms. The zero-order valence-corrected chi connectivity index (χ0v) is 12.4. The van der Waals surface area contributed by atoms with Crippen molar-refractivity contribution in [3.05, 3.63) is 34.5 Å². The lowest BCUT2D eigenvalue weighted by Gasteiger charge is -2.14. The largest absolute Gasteiger partial charge is 0.399 e. The number of hydrogen-bond acceptors (Lipinski definition) is 4. The van der Waals surface area contributed by atoms with E-state index in [0.717, 1.165) is 42.2 Å². The highest BCUT2D eigenvalue weighted by Gasteiger charge is 2.25. The number of hydrogen-bond donors (Lipinski definition) is 1. The Kier molecular flexibility index (Phi) is 3.91. The summed E-state index contributed by atoms with van der Waals surface area (Å²) in [5.41, 5.74) is 8.08. The molecule has 1 fully saturated rings. The van der Waals surface area contributed by atoms with Crippen LogP contribution in [-0.2, 0) is 4.79 Å². The molecule has 2 N–H and O–H groups in total. The van der Waals surface area contributed by atoms with Crippen molar-refractivity contribution in [1.29, 1.82) is 0 Å². The van der Waals surface area contributed by atoms with Gasteiger partial charge >= 0.3 is 0 Å². The molecule has 2 aliphatic rings. The number of nitrogens with two attached hydrogens (primary N) is 1. The first kappa shape index (κ1) is 14.1. The minimum absolute atomic E-state index is 0.463. The lowest BCUT2D eigenvalue weighted by molar-refractivity contribution is 0.326. The Labute approximate surface area is 124 Å². The highest BCUT2D eigenvalue weighted by atomic mass is 16.1. The van der Waals surface area contributed by atoms with Crippen LogP contribution in [0.1, 0.15) is 26.2 Å². The van der Waals surface area contributed by atoms with Crippen molar-refractivity contribution in [3.8, 4) is 0 Å². The first-order valence-electron chi connectivity index (χ1n) is 7.66. The Bertz CT molecular complexity index is 716. The highest BCUT2D eigenvalue weighted by Crippen LogP contribution is 2.27. The van der Waals surface area contributed by atoms with E-state index in [2.05, 4.69) is 16.8 Å². The van der Waals surface area contributed by atoms with Gasteiger partial charge in [-0.3, -0.25) is 0 Å². The van der Waals surface area contributed by atoms with Crippen LogP contribution in [0.5, 0.6) is 0 Å². The molecule has 4 heteroatoms. The van der Waals surface area contributed by atoms with Crippen molar-refractivity contribution < 1.29 is 4.79 Å². The topological polar surface area (TPSA) is 58.7 Å². The molecule has 110 valence electrons. The minimum Gasteiger partial charge on any atom is -0.399 e. The highest BCUT2D eigenvalue weighted by molar-refractivity contribution is 5.79. The smallest absolute Gasteiger partial charge is 0.153 e. The molecule has 0 amide bonds. The van der Waals surface area contributed by atoms with Crippen LogP contribution in [0.25, 0.3) is 5.57 Å². The number of nitrogens with zero attached hydrogens (tertiary/aromatic N) is 2. The molecule has 0 saturated carbocycles. The minimum atomic E-state index is 0.463. The van der Waals surface area contributed by atoms with E-state index in [1.807, 2.05) is 24.1 Å². The molecule has 1 atom stereocenters. The monoisotopic (exact) mass is 283 g/mol. The zero-order valence-electron chi connectivity index (χ0n) is 12.4. The van der Waals surface area contributed by atoms with Gasteiger partial charge in [0.25, 0.3) is 0 Å². The summed E-state index contributed by atoms with van der Waals surface area (Å²) in [6.07, 6.45) is 3.27. The van der Waals surface area contributed by atoms with Crippen molar-refractivity contribution in [3.63, 3.8) is 0 Å². The summed E-state index contributed by atoms with van der Waals surface area (Å²) >= 11 is 0. The number of allylic oxidation sites excluding steroid dienone is 1. The van der Waals surface area contributed by atoms with E-state index >= 15 is 0 Å². The van der Waals surface area contributed by atoms with Crippen molar-refractivity contribution in [2.24, 2.45) is 10.9 Å². The third-order valence-electron chi connectivity index (χ3n) is 4.36. The summed E-state index contributed by atoms with van der Waals surface area (Å²) in [6.45, 7) is 5.65. The fraction of sp³-hybridized carbons (Fsp3) is 0.471. The van der Waals surface area contributed by atoms with E-state index < -0.39 is 0 Å². The number of fused-ring (bicyclic) bond motifs is 1. The number of benzene rings is 1. The zero-order chi connectivity index (χ0) is 14.8. The second-order valence-corrected chi connectivity index (χ2v) is 5.98. The van der Waals surface area contributed by atoms with Gasteiger partial charge in [0.15, 0.2) is 11.6 Å². The summed E-state index contributed by atoms with van der Waals surface area (Å²) in [7, 11) is 0. The van der Waals surface area contributed by atoms with E-state index in [1.165, 1.54) is 12.8 Å². The quantitative estimate of drug-likeness (QED) is 0.659. The summed E-state index contributed by atoms with van der Waals surface area (Å²) in [5, 5.41) is 1.86. The van der Waals surface area contributed by atoms with Crippen molar-refractivity contribution in [1.82, 2.24) is 4.90 Å². The number of carbonyl (C=O) groups excluding carboxylic acids is 1. The van der Waals surface area contributed by atoms with Crippen LogP contribution in [0.15, 0.2) is 28.9 Å². The van der Waals surface area contributed by atoms with Crippen LogP contribution in [0.2, 0.25) is 0 Å². The Hall–Kier alpha value is -1.90. The molecular weight excluding hydrogens is 262 g/mol. The molecule has 2 aliphatic heterocycles. The lowest BCUT2D eigenvalue weighted by atomic mass is 9.96. The van der Waals surface area contributed by atoms with Crippen LogP contribution in [-0.4, -0.2) is 30.5 Å². The summed E-state index contributed by atoms with van der Waals surface area (Å²) in [4.78, 5) is 18.1. The SMILES string of the molecule is CCCN1CCC(CC2=c3cc(N)ccc3=NC2=C=O)C1. The molecule has 0 aromatic heterocycles. The molecule has 1 aromatic carbocycles. The Morgan fingerprint density at radius 3 is 3.10 bits per heavy atom. The van der Waals surface area contributed by atoms with E-state index in [9.17, 15) is 4.79 Å². The Morgan fingerprint density at radius 2 is 2.33 bits per heavy atom. The maximum Gasteiger partial charge on any atom is 0.153 e. The molecule has 0 bridgehead atoms. The average molecular weight is 283 g/mol. The van der Waals surface area contributed by atoms with Gasteiger partial charge in [-0.1, -0.05) is 6.92 Å². The summed E-state index contributed by atoms with van der Waals surface area (Å²) in [6, 6.07) is 5.64. The first-order chi connectivity index (χ1) is 10.2. The van der Waals surface area contributed by atoms with E-state index in [1.54, 1.807) is 0 Å². The summed E-state index contributed by atoms with van der Waals surface area (Å²) < 4.78 is 0. The maximum absolute atomic E-state index is 11.2. The third kappa shape index (κ3) is 2.78. The van der Waals surface area contributed by atoms with Crippen molar-refractivity contribution in [2.45, 2.75) is 26.2 Å². The van der Waals surface area contributed by atoms with Crippen LogP contribution in [0.4, 0.5) is 5.69 Å². The van der Waals surface area contributed by atoms with Crippen molar-refractivity contribution in [2.75, 3.05) is 25.4 Å². The van der Waals surface area contributed by atoms with E-state index in [4.69, 9.17) is 5.73 Å². The molecule has 1 aromatic rings. The molecule has 0 radical (unpaired) electrons. The molecule has 2 heterocycles. The van der Waals surface area contributed by atoms with Gasteiger partial charge in [-0.05, 0) is 62.0 Å². The standard InChI is InChI=1S/C17H21N3O/c1-2-6-20-7-5-12(10-20)8-14-15-9-13(18)3-4-16(15)19-17(14)11-21/h3-4,9,12H,2,5-8,10,18H2,1H3. The van der Waals surface area contributed by atoms with Gasteiger partial charge in [0.2, 0.25) is 0 Å². The number of rotatable bonds is 4. The first-order valence-corrected chi connectivity index (χ1v) is 7.66. The Morgan fingerprint density at radius 1 is 1.48 bits per heavy atom. The van der Waals surface area contributed by atoms with Gasteiger partial charge in [-0.15, -0.1) is 0 Å². The molecule has 21 heavy (non-hydrogen) atoms. The van der Waals surface area contributed by atoms with Gasteiger partial charge in [-0.2, -0.15) is 0 Å². The lowest BCUT2D eigenvalue weighted by Crippen LogP contribution is -2.24. The number of anilines is 1. The third-order valence-corrected chi connectivity index (χ3v) is 4.36. The molecule has 0 aliphatic carbocycles. The predicted molar refractivity (Wildman–Crippen MR) is 83.7 cm³/mol. The normalized spacial score (nSPS) is 21.3. The van der Waals surface area contributed by atoms with Crippen LogP contribution < -0.4 is 16.3 Å². The van der Waals surface area contributed by atoms with Gasteiger partial charge in [0.05, 0.1) is 5.36 Å². The number of nitrogen functional groups attached to an aromatic ring is 1. The Balaban J connectivity index is 1.89. The molecule has 4 nitrogen and oxygen atoms in total. The van der Waals surface area contributed by atoms with Crippen molar-refractivity contribution >= 4 is 17.2 Å². The molecule has 3 rings (SSSR count).